The summed E-state index contributed by atoms with van der Waals surface area (Å²) >= 11 is 0. The Morgan fingerprint density at radius 2 is 2.08 bits per heavy atom. The number of hydrogen-bond donors (Lipinski definition) is 0. The molecule has 0 N–H and O–H groups in total. The van der Waals surface area contributed by atoms with Gasteiger partial charge >= 0.3 is 0 Å². The van der Waals surface area contributed by atoms with Crippen LogP contribution in [0.4, 0.5) is 0 Å². The van der Waals surface area contributed by atoms with E-state index in [1.54, 1.807) is 18.7 Å². The van der Waals surface area contributed by atoms with Crippen LogP contribution in [0.1, 0.15) is 35.8 Å². The van der Waals surface area contributed by atoms with Crippen molar-refractivity contribution in [3.63, 3.8) is 0 Å². The molecule has 1 fully saturated rings. The molecule has 4 rings (SSSR count). The van der Waals surface area contributed by atoms with Gasteiger partial charge in [0.15, 0.2) is 5.82 Å². The van der Waals surface area contributed by atoms with Crippen LogP contribution >= 0.6 is 0 Å². The lowest BCUT2D eigenvalue weighted by Crippen LogP contribution is -2.34. The van der Waals surface area contributed by atoms with Crippen LogP contribution in [-0.4, -0.2) is 47.5 Å². The first-order chi connectivity index (χ1) is 12.3. The van der Waals surface area contributed by atoms with Crippen LogP contribution in [0.2, 0.25) is 0 Å². The molecule has 1 aliphatic heterocycles. The molecule has 0 aliphatic carbocycles. The lowest BCUT2D eigenvalue weighted by atomic mass is 9.95. The third kappa shape index (κ3) is 3.71. The Labute approximate surface area is 146 Å². The number of rotatable bonds is 4. The summed E-state index contributed by atoms with van der Waals surface area (Å²) in [4.78, 5) is 24.5. The largest absolute Gasteiger partial charge is 0.297 e. The molecule has 0 spiro atoms. The quantitative estimate of drug-likeness (QED) is 0.727. The summed E-state index contributed by atoms with van der Waals surface area (Å²) < 4.78 is 1.89. The Morgan fingerprint density at radius 1 is 1.12 bits per heavy atom. The SMILES string of the molecule is Cc1cnc(CN2CCCC(c3cncc(-n4ccnc4)n3)C2)cn1. The Bertz CT molecular complexity index is 814. The Balaban J connectivity index is 1.47. The maximum absolute atomic E-state index is 4.80. The van der Waals surface area contributed by atoms with Gasteiger partial charge in [-0.2, -0.15) is 0 Å². The summed E-state index contributed by atoms with van der Waals surface area (Å²) in [5, 5.41) is 0. The summed E-state index contributed by atoms with van der Waals surface area (Å²) in [6.45, 7) is 4.84. The molecule has 3 aromatic heterocycles. The van der Waals surface area contributed by atoms with Crippen molar-refractivity contribution in [1.82, 2.24) is 34.4 Å². The van der Waals surface area contributed by atoms with E-state index in [0.29, 0.717) is 5.92 Å². The van der Waals surface area contributed by atoms with E-state index in [2.05, 4.69) is 24.8 Å². The maximum atomic E-state index is 4.80. The number of piperidine rings is 1. The van der Waals surface area contributed by atoms with E-state index in [9.17, 15) is 0 Å². The van der Waals surface area contributed by atoms with Crippen LogP contribution in [-0.2, 0) is 6.54 Å². The lowest BCUT2D eigenvalue weighted by molar-refractivity contribution is 0.196. The van der Waals surface area contributed by atoms with Crippen molar-refractivity contribution in [3.8, 4) is 5.82 Å². The van der Waals surface area contributed by atoms with Crippen molar-refractivity contribution in [2.45, 2.75) is 32.2 Å². The van der Waals surface area contributed by atoms with Crippen LogP contribution in [0.15, 0.2) is 43.5 Å². The number of hydrogen-bond acceptors (Lipinski definition) is 6. The second-order valence-electron chi connectivity index (χ2n) is 6.50. The molecule has 1 unspecified atom stereocenters. The highest BCUT2D eigenvalue weighted by atomic mass is 15.1. The van der Waals surface area contributed by atoms with Gasteiger partial charge in [-0.3, -0.25) is 24.4 Å². The van der Waals surface area contributed by atoms with Gasteiger partial charge in [0.05, 0.1) is 23.3 Å². The van der Waals surface area contributed by atoms with Crippen molar-refractivity contribution < 1.29 is 0 Å². The minimum atomic E-state index is 0.392. The Morgan fingerprint density at radius 3 is 2.88 bits per heavy atom. The molecule has 0 aromatic carbocycles. The Hall–Kier alpha value is -2.67. The fraction of sp³-hybridized carbons (Fsp3) is 0.389. The van der Waals surface area contributed by atoms with Crippen molar-refractivity contribution in [2.75, 3.05) is 13.1 Å². The third-order valence-corrected chi connectivity index (χ3v) is 4.55. The highest BCUT2D eigenvalue weighted by Crippen LogP contribution is 2.26. The number of nitrogens with zero attached hydrogens (tertiary/aromatic N) is 7. The predicted octanol–water partition coefficient (Wildman–Crippen LogP) is 2.14. The lowest BCUT2D eigenvalue weighted by Gasteiger charge is -2.32. The van der Waals surface area contributed by atoms with E-state index in [0.717, 1.165) is 55.4 Å². The molecule has 0 saturated carbocycles. The molecule has 4 heterocycles. The summed E-state index contributed by atoms with van der Waals surface area (Å²) in [5.74, 6) is 1.21. The molecule has 3 aromatic rings. The zero-order valence-electron chi connectivity index (χ0n) is 14.3. The molecule has 128 valence electrons. The third-order valence-electron chi connectivity index (χ3n) is 4.55. The van der Waals surface area contributed by atoms with E-state index in [1.165, 1.54) is 0 Å². The van der Waals surface area contributed by atoms with Crippen molar-refractivity contribution >= 4 is 0 Å². The molecule has 1 atom stereocenters. The van der Waals surface area contributed by atoms with Gasteiger partial charge in [-0.15, -0.1) is 0 Å². The molecule has 7 nitrogen and oxygen atoms in total. The van der Waals surface area contributed by atoms with E-state index in [4.69, 9.17) is 4.98 Å². The second-order valence-corrected chi connectivity index (χ2v) is 6.50. The first kappa shape index (κ1) is 15.8. The molecule has 7 heteroatoms. The van der Waals surface area contributed by atoms with Gasteiger partial charge in [0.2, 0.25) is 0 Å². The number of likely N-dealkylation sites (tertiary alicyclic amines) is 1. The summed E-state index contributed by atoms with van der Waals surface area (Å²) in [6.07, 6.45) is 15.0. The molecule has 1 saturated heterocycles. The van der Waals surface area contributed by atoms with Crippen molar-refractivity contribution in [2.24, 2.45) is 0 Å². The normalized spacial score (nSPS) is 18.4. The monoisotopic (exact) mass is 335 g/mol. The molecule has 1 aliphatic rings. The van der Waals surface area contributed by atoms with Gasteiger partial charge in [0.25, 0.3) is 0 Å². The predicted molar refractivity (Wildman–Crippen MR) is 93.2 cm³/mol. The fourth-order valence-electron chi connectivity index (χ4n) is 3.26. The average molecular weight is 335 g/mol. The zero-order chi connectivity index (χ0) is 17.1. The van der Waals surface area contributed by atoms with E-state index in [1.807, 2.05) is 36.3 Å². The smallest absolute Gasteiger partial charge is 0.156 e. The summed E-state index contributed by atoms with van der Waals surface area (Å²) in [5.41, 5.74) is 3.02. The molecule has 0 bridgehead atoms. The summed E-state index contributed by atoms with van der Waals surface area (Å²) in [6, 6.07) is 0. The average Bonchev–Trinajstić information content (AvgIpc) is 3.19. The molecular weight excluding hydrogens is 314 g/mol. The highest BCUT2D eigenvalue weighted by Gasteiger charge is 2.23. The van der Waals surface area contributed by atoms with Crippen molar-refractivity contribution in [1.29, 1.82) is 0 Å². The second kappa shape index (κ2) is 7.06. The van der Waals surface area contributed by atoms with Gasteiger partial charge in [-0.05, 0) is 26.3 Å². The molecule has 0 amide bonds. The highest BCUT2D eigenvalue weighted by molar-refractivity contribution is 5.21. The Kier molecular flexibility index (Phi) is 4.47. The first-order valence-electron chi connectivity index (χ1n) is 8.58. The number of aromatic nitrogens is 6. The topological polar surface area (TPSA) is 72.6 Å². The van der Waals surface area contributed by atoms with Gasteiger partial charge in [0.1, 0.15) is 6.33 Å². The minimum absolute atomic E-state index is 0.392. The number of imidazole rings is 1. The van der Waals surface area contributed by atoms with Gasteiger partial charge in [-0.25, -0.2) is 9.97 Å². The van der Waals surface area contributed by atoms with Gasteiger partial charge < -0.3 is 0 Å². The number of aryl methyl sites for hydroxylation is 1. The van der Waals surface area contributed by atoms with Crippen LogP contribution in [0, 0.1) is 6.92 Å². The standard InChI is InChI=1S/C18H21N7/c1-14-7-22-16(8-21-14)12-24-5-2-3-15(11-24)17-9-20-10-18(23-17)25-6-4-19-13-25/h4,6-10,13,15H,2-3,5,11-12H2,1H3. The van der Waals surface area contributed by atoms with Gasteiger partial charge in [0, 0.05) is 50.0 Å². The van der Waals surface area contributed by atoms with Crippen LogP contribution in [0.3, 0.4) is 0 Å². The van der Waals surface area contributed by atoms with E-state index in [-0.39, 0.29) is 0 Å². The van der Waals surface area contributed by atoms with Gasteiger partial charge in [-0.1, -0.05) is 0 Å². The van der Waals surface area contributed by atoms with Crippen molar-refractivity contribution in [3.05, 3.63) is 60.6 Å². The van der Waals surface area contributed by atoms with Crippen LogP contribution < -0.4 is 0 Å². The maximum Gasteiger partial charge on any atom is 0.156 e. The molecular formula is C18H21N7. The van der Waals surface area contributed by atoms with E-state index < -0.39 is 0 Å². The molecule has 0 radical (unpaired) electrons. The van der Waals surface area contributed by atoms with E-state index >= 15 is 0 Å². The molecule has 25 heavy (non-hydrogen) atoms. The van der Waals surface area contributed by atoms with Crippen LogP contribution in [0.25, 0.3) is 5.82 Å². The summed E-state index contributed by atoms with van der Waals surface area (Å²) in [7, 11) is 0. The van der Waals surface area contributed by atoms with Crippen LogP contribution in [0.5, 0.6) is 0 Å². The fourth-order valence-corrected chi connectivity index (χ4v) is 3.26. The first-order valence-corrected chi connectivity index (χ1v) is 8.58. The minimum Gasteiger partial charge on any atom is -0.297 e. The zero-order valence-corrected chi connectivity index (χ0v) is 14.3.